The van der Waals surface area contributed by atoms with Crippen molar-refractivity contribution in [2.75, 3.05) is 33.0 Å². The van der Waals surface area contributed by atoms with E-state index in [-0.39, 0.29) is 12.7 Å². The Hall–Kier alpha value is -1.96. The number of hydrogen-bond acceptors (Lipinski definition) is 4. The van der Waals surface area contributed by atoms with Crippen molar-refractivity contribution in [1.82, 2.24) is 15.5 Å². The third-order valence-electron chi connectivity index (χ3n) is 4.00. The number of benzene rings is 1. The summed E-state index contributed by atoms with van der Waals surface area (Å²) in [5.74, 6) is 2.30. The third kappa shape index (κ3) is 5.52. The molecule has 0 aromatic heterocycles. The number of nitrogens with zero attached hydrogens (tertiary/aromatic N) is 2. The Balaban J connectivity index is 1.92. The molecular weight excluding hydrogens is 400 g/mol. The molecule has 0 unspecified atom stereocenters. The lowest BCUT2D eigenvalue weighted by Crippen LogP contribution is -2.40. The molecule has 0 radical (unpaired) electrons. The molecule has 0 bridgehead atoms. The zero-order valence-corrected chi connectivity index (χ0v) is 17.2. The van der Waals surface area contributed by atoms with Crippen LogP contribution in [-0.2, 0) is 11.3 Å². The summed E-state index contributed by atoms with van der Waals surface area (Å²) in [6, 6.07) is 3.91. The summed E-state index contributed by atoms with van der Waals surface area (Å²) >= 11 is 3.49. The van der Waals surface area contributed by atoms with Crippen molar-refractivity contribution in [3.8, 4) is 11.5 Å². The zero-order valence-electron chi connectivity index (χ0n) is 15.6. The second-order valence-electron chi connectivity index (χ2n) is 5.75. The number of guanidine groups is 1. The van der Waals surface area contributed by atoms with Crippen LogP contribution in [0.3, 0.4) is 0 Å². The van der Waals surface area contributed by atoms with Crippen molar-refractivity contribution >= 4 is 27.8 Å². The van der Waals surface area contributed by atoms with Gasteiger partial charge in [0.05, 0.1) is 11.0 Å². The van der Waals surface area contributed by atoms with Crippen LogP contribution >= 0.6 is 15.9 Å². The van der Waals surface area contributed by atoms with E-state index < -0.39 is 0 Å². The van der Waals surface area contributed by atoms with Gasteiger partial charge in [0.15, 0.2) is 17.5 Å². The Kier molecular flexibility index (Phi) is 8.03. The van der Waals surface area contributed by atoms with Crippen LogP contribution < -0.4 is 20.1 Å². The summed E-state index contributed by atoms with van der Waals surface area (Å²) in [6.07, 6.45) is 0.446. The summed E-state index contributed by atoms with van der Waals surface area (Å²) in [6.45, 7) is 9.50. The van der Waals surface area contributed by atoms with Gasteiger partial charge in [-0.1, -0.05) is 0 Å². The van der Waals surface area contributed by atoms with Gasteiger partial charge in [-0.3, -0.25) is 4.79 Å². The maximum Gasteiger partial charge on any atom is 0.231 e. The minimum absolute atomic E-state index is 0.151. The predicted octanol–water partition coefficient (Wildman–Crippen LogP) is 2.49. The lowest BCUT2D eigenvalue weighted by atomic mass is 10.2. The molecule has 1 heterocycles. The average Bonchev–Trinajstić information content (AvgIpc) is 3.10. The van der Waals surface area contributed by atoms with E-state index in [4.69, 9.17) is 9.47 Å². The van der Waals surface area contributed by atoms with Gasteiger partial charge in [0.25, 0.3) is 0 Å². The number of halogens is 1. The minimum Gasteiger partial charge on any atom is -0.454 e. The normalized spacial score (nSPS) is 12.8. The number of rotatable bonds is 8. The highest BCUT2D eigenvalue weighted by Crippen LogP contribution is 2.40. The maximum absolute atomic E-state index is 12.1. The summed E-state index contributed by atoms with van der Waals surface area (Å²) in [4.78, 5) is 18.5. The molecule has 2 rings (SSSR count). The Bertz CT molecular complexity index is 648. The molecule has 1 aromatic carbocycles. The van der Waals surface area contributed by atoms with E-state index in [0.29, 0.717) is 25.5 Å². The molecule has 0 saturated carbocycles. The van der Waals surface area contributed by atoms with Gasteiger partial charge in [-0.2, -0.15) is 0 Å². The molecule has 1 aliphatic heterocycles. The number of amides is 1. The molecular formula is C18H27BrN4O3. The highest BCUT2D eigenvalue weighted by Gasteiger charge is 2.17. The van der Waals surface area contributed by atoms with Crippen molar-refractivity contribution in [3.05, 3.63) is 22.2 Å². The first kappa shape index (κ1) is 20.4. The number of aliphatic imine (C=N–C) groups is 1. The zero-order chi connectivity index (χ0) is 18.9. The average molecular weight is 427 g/mol. The first-order valence-electron chi connectivity index (χ1n) is 8.96. The molecule has 26 heavy (non-hydrogen) atoms. The second kappa shape index (κ2) is 10.3. The number of ether oxygens (including phenoxy) is 2. The van der Waals surface area contributed by atoms with Crippen molar-refractivity contribution in [3.63, 3.8) is 0 Å². The van der Waals surface area contributed by atoms with Gasteiger partial charge in [0.2, 0.25) is 12.7 Å². The van der Waals surface area contributed by atoms with Crippen LogP contribution in [0.25, 0.3) is 0 Å². The van der Waals surface area contributed by atoms with E-state index in [2.05, 4.69) is 31.6 Å². The summed E-state index contributed by atoms with van der Waals surface area (Å²) in [7, 11) is 0. The van der Waals surface area contributed by atoms with Crippen LogP contribution in [0.5, 0.6) is 11.5 Å². The quantitative estimate of drug-likeness (QED) is 0.493. The Morgan fingerprint density at radius 1 is 1.23 bits per heavy atom. The largest absolute Gasteiger partial charge is 0.454 e. The molecule has 8 heteroatoms. The Morgan fingerprint density at radius 2 is 2.00 bits per heavy atom. The monoisotopic (exact) mass is 426 g/mol. The van der Waals surface area contributed by atoms with Crippen molar-refractivity contribution in [2.45, 2.75) is 33.7 Å². The smallest absolute Gasteiger partial charge is 0.231 e. The van der Waals surface area contributed by atoms with Crippen LogP contribution in [0.4, 0.5) is 0 Å². The molecule has 0 spiro atoms. The molecule has 7 nitrogen and oxygen atoms in total. The Labute approximate surface area is 163 Å². The molecule has 0 atom stereocenters. The van der Waals surface area contributed by atoms with Gasteiger partial charge in [-0.25, -0.2) is 4.99 Å². The van der Waals surface area contributed by atoms with E-state index in [1.54, 1.807) is 0 Å². The number of carbonyl (C=O) groups is 1. The summed E-state index contributed by atoms with van der Waals surface area (Å²) in [5.41, 5.74) is 1.01. The van der Waals surface area contributed by atoms with E-state index in [9.17, 15) is 4.79 Å². The molecule has 0 fully saturated rings. The van der Waals surface area contributed by atoms with Gasteiger partial charge in [0, 0.05) is 32.6 Å². The molecule has 2 N–H and O–H groups in total. The first-order chi connectivity index (χ1) is 12.6. The highest BCUT2D eigenvalue weighted by molar-refractivity contribution is 9.10. The number of carbonyl (C=O) groups excluding carboxylic acids is 1. The van der Waals surface area contributed by atoms with Crippen LogP contribution in [0, 0.1) is 0 Å². The Morgan fingerprint density at radius 3 is 2.69 bits per heavy atom. The fourth-order valence-corrected chi connectivity index (χ4v) is 3.25. The van der Waals surface area contributed by atoms with Gasteiger partial charge >= 0.3 is 0 Å². The van der Waals surface area contributed by atoms with E-state index in [1.807, 2.05) is 37.8 Å². The number of nitrogens with one attached hydrogen (secondary N) is 2. The van der Waals surface area contributed by atoms with Crippen molar-refractivity contribution < 1.29 is 14.3 Å². The van der Waals surface area contributed by atoms with Gasteiger partial charge < -0.3 is 25.0 Å². The van der Waals surface area contributed by atoms with E-state index in [1.165, 1.54) is 0 Å². The van der Waals surface area contributed by atoms with E-state index >= 15 is 0 Å². The second-order valence-corrected chi connectivity index (χ2v) is 6.60. The topological polar surface area (TPSA) is 75.2 Å². The van der Waals surface area contributed by atoms with Crippen LogP contribution in [0.2, 0.25) is 0 Å². The fourth-order valence-electron chi connectivity index (χ4n) is 2.65. The molecule has 1 aliphatic rings. The molecule has 0 aliphatic carbocycles. The highest BCUT2D eigenvalue weighted by atomic mass is 79.9. The molecule has 1 aromatic rings. The lowest BCUT2D eigenvalue weighted by molar-refractivity contribution is -0.130. The van der Waals surface area contributed by atoms with Crippen molar-refractivity contribution in [1.29, 1.82) is 0 Å². The predicted molar refractivity (Wildman–Crippen MR) is 106 cm³/mol. The summed E-state index contributed by atoms with van der Waals surface area (Å²) in [5, 5.41) is 6.41. The lowest BCUT2D eigenvalue weighted by Gasteiger charge is -2.19. The van der Waals surface area contributed by atoms with E-state index in [0.717, 1.165) is 41.2 Å². The van der Waals surface area contributed by atoms with Crippen LogP contribution in [-0.4, -0.2) is 49.7 Å². The first-order valence-corrected chi connectivity index (χ1v) is 9.76. The SMILES string of the molecule is CCNC(=NCc1cc(Br)c2c(c1)OCO2)NCCC(=O)N(CC)CC. The summed E-state index contributed by atoms with van der Waals surface area (Å²) < 4.78 is 11.7. The van der Waals surface area contributed by atoms with Crippen molar-refractivity contribution in [2.24, 2.45) is 4.99 Å². The van der Waals surface area contributed by atoms with Crippen LogP contribution in [0.15, 0.2) is 21.6 Å². The fraction of sp³-hybridized carbons (Fsp3) is 0.556. The third-order valence-corrected chi connectivity index (χ3v) is 4.59. The standard InChI is InChI=1S/C18H27BrN4O3/c1-4-20-18(21-8-7-16(24)23(5-2)6-3)22-11-13-9-14(19)17-15(10-13)25-12-26-17/h9-10H,4-8,11-12H2,1-3H3,(H2,20,21,22). The van der Waals surface area contributed by atoms with Gasteiger partial charge in [-0.15, -0.1) is 0 Å². The van der Waals surface area contributed by atoms with Gasteiger partial charge in [0.1, 0.15) is 0 Å². The van der Waals surface area contributed by atoms with Gasteiger partial charge in [-0.05, 0) is 54.4 Å². The number of hydrogen-bond donors (Lipinski definition) is 2. The molecule has 144 valence electrons. The molecule has 0 saturated heterocycles. The number of fused-ring (bicyclic) bond motifs is 1. The maximum atomic E-state index is 12.1. The molecule has 1 amide bonds. The minimum atomic E-state index is 0.151. The van der Waals surface area contributed by atoms with Crippen LogP contribution in [0.1, 0.15) is 32.8 Å².